The van der Waals surface area contributed by atoms with Crippen LogP contribution in [0.1, 0.15) is 35.3 Å². The van der Waals surface area contributed by atoms with Gasteiger partial charge in [-0.05, 0) is 49.4 Å². The molecule has 2 N–H and O–H groups in total. The maximum Gasteiger partial charge on any atom is 0.321 e. The van der Waals surface area contributed by atoms with E-state index in [2.05, 4.69) is 22.1 Å². The first-order valence-corrected chi connectivity index (χ1v) is 13.6. The molecule has 1 aromatic heterocycles. The second-order valence-corrected chi connectivity index (χ2v) is 10.2. The zero-order valence-electron chi connectivity index (χ0n) is 24.5. The van der Waals surface area contributed by atoms with Gasteiger partial charge in [-0.25, -0.2) is 9.78 Å². The Morgan fingerprint density at radius 2 is 1.86 bits per heavy atom. The molecule has 0 bridgehead atoms. The number of nitrogens with one attached hydrogen (secondary N) is 1. The third kappa shape index (κ3) is 7.30. The molecule has 0 saturated carbocycles. The number of methoxy groups -OCH3 is 2. The molecule has 1 aliphatic heterocycles. The third-order valence-corrected chi connectivity index (χ3v) is 7.08. The molecule has 10 heteroatoms. The van der Waals surface area contributed by atoms with Crippen LogP contribution in [0.4, 0.5) is 10.5 Å². The number of hydrogen-bond donors (Lipinski definition) is 2. The van der Waals surface area contributed by atoms with Crippen LogP contribution in [0.5, 0.6) is 17.4 Å². The van der Waals surface area contributed by atoms with Crippen molar-refractivity contribution < 1.29 is 28.9 Å². The van der Waals surface area contributed by atoms with Crippen molar-refractivity contribution in [2.75, 3.05) is 46.3 Å². The molecule has 4 rings (SSSR count). The molecule has 0 saturated heterocycles. The van der Waals surface area contributed by atoms with E-state index in [9.17, 15) is 14.7 Å². The number of benzene rings is 2. The van der Waals surface area contributed by atoms with E-state index in [-0.39, 0.29) is 42.5 Å². The minimum Gasteiger partial charge on any atom is -0.497 e. The number of urea groups is 1. The Balaban J connectivity index is 1.59. The summed E-state index contributed by atoms with van der Waals surface area (Å²) >= 11 is 0. The summed E-state index contributed by atoms with van der Waals surface area (Å²) in [6.07, 6.45) is 1.07. The van der Waals surface area contributed by atoms with Gasteiger partial charge in [-0.15, -0.1) is 0 Å². The second-order valence-electron chi connectivity index (χ2n) is 10.2. The number of hydrogen-bond acceptors (Lipinski definition) is 7. The summed E-state index contributed by atoms with van der Waals surface area (Å²) in [6, 6.07) is 15.3. The van der Waals surface area contributed by atoms with Gasteiger partial charge in [0.25, 0.3) is 5.91 Å². The van der Waals surface area contributed by atoms with Gasteiger partial charge in [0.1, 0.15) is 23.2 Å². The monoisotopic (exact) mass is 572 g/mol. The summed E-state index contributed by atoms with van der Waals surface area (Å²) in [5, 5.41) is 12.8. The molecule has 0 fully saturated rings. The number of carbonyl (C=O) groups excluding carboxylic acids is 2. The highest BCUT2D eigenvalue weighted by molar-refractivity contribution is 5.97. The molecule has 0 aliphatic carbocycles. The number of aliphatic hydroxyl groups is 1. The van der Waals surface area contributed by atoms with E-state index in [0.717, 1.165) is 11.3 Å². The van der Waals surface area contributed by atoms with Gasteiger partial charge < -0.3 is 34.4 Å². The van der Waals surface area contributed by atoms with E-state index < -0.39 is 12.1 Å². The Kier molecular flexibility index (Phi) is 9.89. The number of carbonyl (C=O) groups is 2. The number of likely N-dealkylation sites (N-methyl/N-ethyl adjacent to an activating group) is 1. The predicted molar refractivity (Wildman–Crippen MR) is 159 cm³/mol. The van der Waals surface area contributed by atoms with E-state index in [1.807, 2.05) is 31.2 Å². The number of pyridine rings is 1. The van der Waals surface area contributed by atoms with E-state index in [1.165, 1.54) is 4.90 Å². The maximum atomic E-state index is 13.7. The third-order valence-electron chi connectivity index (χ3n) is 7.08. The number of fused-ring (bicyclic) bond motifs is 1. The van der Waals surface area contributed by atoms with Crippen molar-refractivity contribution in [2.24, 2.45) is 5.92 Å². The van der Waals surface area contributed by atoms with Crippen LogP contribution in [-0.2, 0) is 0 Å². The van der Waals surface area contributed by atoms with Crippen molar-refractivity contribution in [3.8, 4) is 29.2 Å². The molecule has 0 spiro atoms. The largest absolute Gasteiger partial charge is 0.497 e. The minimum absolute atomic E-state index is 0.156. The number of ether oxygens (including phenoxy) is 3. The number of amides is 3. The molecule has 42 heavy (non-hydrogen) atoms. The van der Waals surface area contributed by atoms with Gasteiger partial charge in [0.15, 0.2) is 0 Å². The van der Waals surface area contributed by atoms with Crippen LogP contribution < -0.4 is 19.5 Å². The normalized spacial score (nSPS) is 16.9. The molecule has 2 heterocycles. The van der Waals surface area contributed by atoms with Crippen LogP contribution in [0.25, 0.3) is 0 Å². The Labute approximate surface area is 246 Å². The van der Waals surface area contributed by atoms with Crippen LogP contribution >= 0.6 is 0 Å². The number of aliphatic hydroxyl groups excluding tert-OH is 1. The molecule has 0 unspecified atom stereocenters. The Morgan fingerprint density at radius 3 is 2.55 bits per heavy atom. The summed E-state index contributed by atoms with van der Waals surface area (Å²) in [7, 11) is 4.84. The fourth-order valence-electron chi connectivity index (χ4n) is 4.48. The smallest absolute Gasteiger partial charge is 0.321 e. The van der Waals surface area contributed by atoms with Crippen molar-refractivity contribution in [2.45, 2.75) is 26.0 Å². The number of aromatic nitrogens is 1. The standard InChI is InChI=1S/C32H36N4O6/c1-21-18-36(22(2)20-37)31(38)28-15-24(10-9-23-11-13-26(40-4)14-12-23)17-33-30(28)42-29(21)19-35(3)32(39)34-25-7-6-8-27(16-25)41-5/h6-8,11-17,21-22,29,37H,18-20H2,1-5H3,(H,34,39)/t21-,22+,29-/m0/s1. The molecular formula is C32H36N4O6. The Bertz CT molecular complexity index is 1470. The molecule has 0 radical (unpaired) electrons. The maximum absolute atomic E-state index is 13.7. The molecule has 10 nitrogen and oxygen atoms in total. The lowest BCUT2D eigenvalue weighted by atomic mass is 10.00. The zero-order chi connectivity index (χ0) is 30.2. The fraction of sp³-hybridized carbons (Fsp3) is 0.344. The van der Waals surface area contributed by atoms with Gasteiger partial charge in [-0.3, -0.25) is 4.79 Å². The van der Waals surface area contributed by atoms with Crippen LogP contribution in [0.2, 0.25) is 0 Å². The van der Waals surface area contributed by atoms with Crippen LogP contribution in [0, 0.1) is 17.8 Å². The van der Waals surface area contributed by atoms with Gasteiger partial charge >= 0.3 is 6.03 Å². The highest BCUT2D eigenvalue weighted by Crippen LogP contribution is 2.27. The minimum atomic E-state index is -0.491. The van der Waals surface area contributed by atoms with Crippen molar-refractivity contribution in [1.82, 2.24) is 14.8 Å². The van der Waals surface area contributed by atoms with Gasteiger partial charge in [-0.1, -0.05) is 24.8 Å². The Hall–Kier alpha value is -4.75. The van der Waals surface area contributed by atoms with Gasteiger partial charge in [0.05, 0.1) is 33.4 Å². The summed E-state index contributed by atoms with van der Waals surface area (Å²) in [5.41, 5.74) is 2.17. The summed E-state index contributed by atoms with van der Waals surface area (Å²) in [6.45, 7) is 4.08. The Morgan fingerprint density at radius 1 is 1.14 bits per heavy atom. The van der Waals surface area contributed by atoms with Crippen molar-refractivity contribution in [3.05, 3.63) is 77.5 Å². The van der Waals surface area contributed by atoms with E-state index in [1.54, 1.807) is 69.6 Å². The number of rotatable bonds is 7. The second kappa shape index (κ2) is 13.7. The quantitative estimate of drug-likeness (QED) is 0.413. The topological polar surface area (TPSA) is 113 Å². The van der Waals surface area contributed by atoms with Gasteiger partial charge in [0, 0.05) is 48.6 Å². The molecule has 220 valence electrons. The lowest BCUT2D eigenvalue weighted by Gasteiger charge is -2.37. The van der Waals surface area contributed by atoms with Crippen LogP contribution in [-0.4, -0.2) is 84.9 Å². The highest BCUT2D eigenvalue weighted by Gasteiger charge is 2.34. The highest BCUT2D eigenvalue weighted by atomic mass is 16.5. The molecule has 2 aromatic carbocycles. The van der Waals surface area contributed by atoms with Crippen molar-refractivity contribution >= 4 is 17.6 Å². The number of anilines is 1. The first-order valence-electron chi connectivity index (χ1n) is 13.6. The van der Waals surface area contributed by atoms with E-state index in [4.69, 9.17) is 14.2 Å². The molecule has 3 amide bonds. The molecule has 3 aromatic rings. The zero-order valence-corrected chi connectivity index (χ0v) is 24.5. The number of nitrogens with zero attached hydrogens (tertiary/aromatic N) is 3. The fourth-order valence-corrected chi connectivity index (χ4v) is 4.48. The van der Waals surface area contributed by atoms with Crippen molar-refractivity contribution in [3.63, 3.8) is 0 Å². The average molecular weight is 573 g/mol. The first kappa shape index (κ1) is 30.2. The molecular weight excluding hydrogens is 536 g/mol. The van der Waals surface area contributed by atoms with Crippen LogP contribution in [0.15, 0.2) is 60.8 Å². The predicted octanol–water partition coefficient (Wildman–Crippen LogP) is 3.88. The molecule has 3 atom stereocenters. The molecule has 1 aliphatic rings. The lowest BCUT2D eigenvalue weighted by Crippen LogP contribution is -2.50. The van der Waals surface area contributed by atoms with E-state index >= 15 is 0 Å². The SMILES string of the molecule is COc1ccc(C#Cc2cnc3c(c2)C(=O)N([C@H](C)CO)C[C@H](C)[C@H](CN(C)C(=O)Nc2cccc(OC)c2)O3)cc1. The van der Waals surface area contributed by atoms with Crippen LogP contribution in [0.3, 0.4) is 0 Å². The lowest BCUT2D eigenvalue weighted by molar-refractivity contribution is 0.0356. The van der Waals surface area contributed by atoms with Gasteiger partial charge in [-0.2, -0.15) is 0 Å². The first-order chi connectivity index (χ1) is 20.2. The van der Waals surface area contributed by atoms with Crippen molar-refractivity contribution in [1.29, 1.82) is 0 Å². The van der Waals surface area contributed by atoms with E-state index in [0.29, 0.717) is 23.5 Å². The summed E-state index contributed by atoms with van der Waals surface area (Å²) in [5.74, 6) is 7.17. The van der Waals surface area contributed by atoms with Gasteiger partial charge in [0.2, 0.25) is 5.88 Å². The summed E-state index contributed by atoms with van der Waals surface area (Å²) in [4.78, 5) is 34.3. The average Bonchev–Trinajstić information content (AvgIpc) is 3.01. The summed E-state index contributed by atoms with van der Waals surface area (Å²) < 4.78 is 16.7.